The molecule has 0 radical (unpaired) electrons. The quantitative estimate of drug-likeness (QED) is 0.738. The third kappa shape index (κ3) is 2.84. The maximum atomic E-state index is 11.8. The van der Waals surface area contributed by atoms with Gasteiger partial charge in [0.25, 0.3) is 5.56 Å². The van der Waals surface area contributed by atoms with Gasteiger partial charge in [0.2, 0.25) is 0 Å². The van der Waals surface area contributed by atoms with Crippen LogP contribution in [-0.2, 0) is 6.54 Å². The zero-order valence-corrected chi connectivity index (χ0v) is 13.4. The van der Waals surface area contributed by atoms with E-state index in [2.05, 4.69) is 25.2 Å². The van der Waals surface area contributed by atoms with Crippen molar-refractivity contribution in [2.24, 2.45) is 5.92 Å². The first-order chi connectivity index (χ1) is 11.3. The molecule has 1 saturated heterocycles. The second-order valence-electron chi connectivity index (χ2n) is 5.83. The van der Waals surface area contributed by atoms with Crippen LogP contribution in [0, 0.1) is 5.92 Å². The maximum absolute atomic E-state index is 11.8. The van der Waals surface area contributed by atoms with Crippen molar-refractivity contribution in [3.8, 4) is 0 Å². The Kier molecular flexibility index (Phi) is 3.78. The van der Waals surface area contributed by atoms with E-state index < -0.39 is 0 Å². The van der Waals surface area contributed by atoms with Gasteiger partial charge in [-0.15, -0.1) is 11.3 Å². The number of piperidine rings is 1. The van der Waals surface area contributed by atoms with Gasteiger partial charge in [0.1, 0.15) is 12.1 Å². The summed E-state index contributed by atoms with van der Waals surface area (Å²) < 4.78 is 2.87. The van der Waals surface area contributed by atoms with Crippen LogP contribution in [0.1, 0.15) is 12.8 Å². The number of hydrogen-bond acceptors (Lipinski definition) is 6. The Bertz CT molecular complexity index is 866. The Morgan fingerprint density at radius 1 is 1.22 bits per heavy atom. The second-order valence-corrected chi connectivity index (χ2v) is 6.75. The van der Waals surface area contributed by atoms with E-state index in [1.807, 2.05) is 6.07 Å². The molecule has 1 aliphatic rings. The van der Waals surface area contributed by atoms with Gasteiger partial charge in [-0.05, 0) is 30.2 Å². The molecule has 3 aromatic rings. The van der Waals surface area contributed by atoms with Gasteiger partial charge in [-0.1, -0.05) is 0 Å². The van der Waals surface area contributed by atoms with E-state index in [0.29, 0.717) is 5.92 Å². The van der Waals surface area contributed by atoms with Gasteiger partial charge in [-0.2, -0.15) is 0 Å². The van der Waals surface area contributed by atoms with E-state index in [-0.39, 0.29) is 5.56 Å². The summed E-state index contributed by atoms with van der Waals surface area (Å²) in [5.41, 5.74) is 1.04. The zero-order chi connectivity index (χ0) is 15.6. The molecular weight excluding hydrogens is 310 g/mol. The molecule has 0 spiro atoms. The lowest BCUT2D eigenvalue weighted by atomic mass is 9.96. The number of aromatic nitrogens is 4. The van der Waals surface area contributed by atoms with Crippen molar-refractivity contribution in [2.45, 2.75) is 19.4 Å². The standard InChI is InChI=1S/C16H17N5OS/c22-14-1-5-17-11-21(14)9-12-2-6-20(7-3-12)16-15-13(4-8-23-15)18-10-19-16/h1,4-5,8,10-12H,2-3,6-7,9H2. The van der Waals surface area contributed by atoms with Crippen LogP contribution in [0.25, 0.3) is 10.2 Å². The average molecular weight is 327 g/mol. The minimum Gasteiger partial charge on any atom is -0.355 e. The number of thiophene rings is 1. The molecule has 0 saturated carbocycles. The molecule has 7 heteroatoms. The number of anilines is 1. The van der Waals surface area contributed by atoms with E-state index in [1.165, 1.54) is 6.07 Å². The number of rotatable bonds is 3. The van der Waals surface area contributed by atoms with E-state index in [9.17, 15) is 4.79 Å². The first-order valence-corrected chi connectivity index (χ1v) is 8.63. The lowest BCUT2D eigenvalue weighted by molar-refractivity contribution is 0.350. The van der Waals surface area contributed by atoms with Gasteiger partial charge in [0, 0.05) is 31.9 Å². The van der Waals surface area contributed by atoms with Gasteiger partial charge >= 0.3 is 0 Å². The van der Waals surface area contributed by atoms with Crippen LogP contribution < -0.4 is 10.5 Å². The van der Waals surface area contributed by atoms with Crippen LogP contribution in [0.3, 0.4) is 0 Å². The summed E-state index contributed by atoms with van der Waals surface area (Å²) in [6, 6.07) is 3.55. The molecule has 1 aliphatic heterocycles. The van der Waals surface area contributed by atoms with E-state index in [0.717, 1.165) is 48.5 Å². The summed E-state index contributed by atoms with van der Waals surface area (Å²) in [6.45, 7) is 2.67. The van der Waals surface area contributed by atoms with Crippen LogP contribution in [0.4, 0.5) is 5.82 Å². The predicted molar refractivity (Wildman–Crippen MR) is 90.8 cm³/mol. The molecule has 0 N–H and O–H groups in total. The molecule has 0 bridgehead atoms. The molecule has 23 heavy (non-hydrogen) atoms. The molecule has 4 heterocycles. The number of nitrogens with zero attached hydrogens (tertiary/aromatic N) is 5. The lowest BCUT2D eigenvalue weighted by Gasteiger charge is -2.33. The van der Waals surface area contributed by atoms with Crippen molar-refractivity contribution >= 4 is 27.4 Å². The summed E-state index contributed by atoms with van der Waals surface area (Å²) in [5.74, 6) is 1.55. The Morgan fingerprint density at radius 2 is 2.09 bits per heavy atom. The van der Waals surface area contributed by atoms with Crippen LogP contribution >= 0.6 is 11.3 Å². The topological polar surface area (TPSA) is 63.9 Å². The van der Waals surface area contributed by atoms with Crippen LogP contribution in [-0.4, -0.2) is 32.6 Å². The van der Waals surface area contributed by atoms with Crippen LogP contribution in [0.15, 0.2) is 41.2 Å². The predicted octanol–water partition coefficient (Wildman–Crippen LogP) is 2.16. The summed E-state index contributed by atoms with van der Waals surface area (Å²) in [6.07, 6.45) is 6.93. The van der Waals surface area contributed by atoms with Crippen molar-refractivity contribution in [1.82, 2.24) is 19.5 Å². The fourth-order valence-electron chi connectivity index (χ4n) is 3.12. The monoisotopic (exact) mass is 327 g/mol. The number of fused-ring (bicyclic) bond motifs is 1. The molecule has 0 unspecified atom stereocenters. The molecular formula is C16H17N5OS. The highest BCUT2D eigenvalue weighted by molar-refractivity contribution is 7.17. The summed E-state index contributed by atoms with van der Waals surface area (Å²) in [5, 5.41) is 2.06. The first kappa shape index (κ1) is 14.3. The largest absolute Gasteiger partial charge is 0.355 e. The van der Waals surface area contributed by atoms with Crippen molar-refractivity contribution < 1.29 is 0 Å². The highest BCUT2D eigenvalue weighted by Gasteiger charge is 2.22. The van der Waals surface area contributed by atoms with Crippen molar-refractivity contribution in [1.29, 1.82) is 0 Å². The molecule has 3 aromatic heterocycles. The maximum Gasteiger partial charge on any atom is 0.253 e. The molecule has 1 fully saturated rings. The fraction of sp³-hybridized carbons (Fsp3) is 0.375. The van der Waals surface area contributed by atoms with Crippen molar-refractivity contribution in [3.63, 3.8) is 0 Å². The van der Waals surface area contributed by atoms with E-state index >= 15 is 0 Å². The highest BCUT2D eigenvalue weighted by atomic mass is 32.1. The number of hydrogen-bond donors (Lipinski definition) is 0. The van der Waals surface area contributed by atoms with Gasteiger partial charge in [0.15, 0.2) is 0 Å². The second kappa shape index (κ2) is 6.08. The van der Waals surface area contributed by atoms with E-state index in [1.54, 1.807) is 34.8 Å². The first-order valence-electron chi connectivity index (χ1n) is 7.75. The van der Waals surface area contributed by atoms with Crippen LogP contribution in [0.5, 0.6) is 0 Å². The molecule has 118 valence electrons. The lowest BCUT2D eigenvalue weighted by Crippen LogP contribution is -2.36. The molecule has 0 atom stereocenters. The fourth-order valence-corrected chi connectivity index (χ4v) is 3.98. The van der Waals surface area contributed by atoms with Gasteiger partial charge in [0.05, 0.1) is 16.5 Å². The SMILES string of the molecule is O=c1ccncn1CC1CCN(c2ncnc3ccsc23)CC1. The summed E-state index contributed by atoms with van der Waals surface area (Å²) in [4.78, 5) is 27.0. The normalized spacial score (nSPS) is 16.1. The summed E-state index contributed by atoms with van der Waals surface area (Å²) >= 11 is 1.69. The molecule has 4 rings (SSSR count). The zero-order valence-electron chi connectivity index (χ0n) is 12.6. The Hall–Kier alpha value is -2.28. The van der Waals surface area contributed by atoms with E-state index in [4.69, 9.17) is 0 Å². The summed E-state index contributed by atoms with van der Waals surface area (Å²) in [7, 11) is 0. The highest BCUT2D eigenvalue weighted by Crippen LogP contribution is 2.30. The Morgan fingerprint density at radius 3 is 2.91 bits per heavy atom. The Labute approximate surface area is 137 Å². The molecule has 0 amide bonds. The smallest absolute Gasteiger partial charge is 0.253 e. The molecule has 6 nitrogen and oxygen atoms in total. The van der Waals surface area contributed by atoms with Crippen molar-refractivity contribution in [2.75, 3.05) is 18.0 Å². The van der Waals surface area contributed by atoms with Crippen molar-refractivity contribution in [3.05, 3.63) is 46.7 Å². The molecule has 0 aromatic carbocycles. The van der Waals surface area contributed by atoms with Gasteiger partial charge < -0.3 is 4.90 Å². The van der Waals surface area contributed by atoms with Crippen LogP contribution in [0.2, 0.25) is 0 Å². The average Bonchev–Trinajstić information content (AvgIpc) is 3.06. The minimum absolute atomic E-state index is 0.0264. The third-order valence-corrected chi connectivity index (χ3v) is 5.29. The van der Waals surface area contributed by atoms with Gasteiger partial charge in [-0.25, -0.2) is 15.0 Å². The third-order valence-electron chi connectivity index (χ3n) is 4.39. The molecule has 0 aliphatic carbocycles. The van der Waals surface area contributed by atoms with Gasteiger partial charge in [-0.3, -0.25) is 9.36 Å². The minimum atomic E-state index is 0.0264. The Balaban J connectivity index is 1.46.